The lowest BCUT2D eigenvalue weighted by molar-refractivity contribution is -0.154. The number of hydrogen-bond acceptors (Lipinski definition) is 6. The Morgan fingerprint density at radius 3 is 2.59 bits per heavy atom. The number of amides is 2. The van der Waals surface area contributed by atoms with Crippen LogP contribution in [0.2, 0.25) is 0 Å². The number of thiophene rings is 1. The van der Waals surface area contributed by atoms with E-state index in [1.54, 1.807) is 17.9 Å². The molecule has 1 aliphatic heterocycles. The summed E-state index contributed by atoms with van der Waals surface area (Å²) in [5.74, 6) is -1.34. The molecule has 2 amide bonds. The molecule has 0 aliphatic carbocycles. The molecule has 0 spiro atoms. The number of likely N-dealkylation sites (tertiary alicyclic amines) is 1. The molecular formula is C19H25N3O4S. The van der Waals surface area contributed by atoms with E-state index in [0.29, 0.717) is 30.8 Å². The second-order valence-corrected chi connectivity index (χ2v) is 8.12. The normalized spacial score (nSPS) is 17.1. The van der Waals surface area contributed by atoms with Gasteiger partial charge in [0.1, 0.15) is 5.54 Å². The standard InChI is InChI=1S/C19H25N3O4S/c1-13(2)19(3,12-20)21-16(23)11-26-18(25)14-6-8-22(9-7-14)17(24)15-5-4-10-27-15/h4-5,10,13-14H,6-9,11H2,1-3H3,(H,21,23)/t19-/m0/s1. The molecule has 0 unspecified atom stereocenters. The lowest BCUT2D eigenvalue weighted by Gasteiger charge is -2.31. The summed E-state index contributed by atoms with van der Waals surface area (Å²) in [7, 11) is 0. The molecule has 1 N–H and O–H groups in total. The number of esters is 1. The molecule has 2 heterocycles. The summed E-state index contributed by atoms with van der Waals surface area (Å²) in [6, 6.07) is 5.70. The molecule has 1 saturated heterocycles. The van der Waals surface area contributed by atoms with Crippen LogP contribution in [-0.4, -0.2) is 47.9 Å². The van der Waals surface area contributed by atoms with Crippen LogP contribution in [0.5, 0.6) is 0 Å². The van der Waals surface area contributed by atoms with Crippen molar-refractivity contribution in [2.75, 3.05) is 19.7 Å². The Bertz CT molecular complexity index is 718. The molecule has 146 valence electrons. The first-order valence-electron chi connectivity index (χ1n) is 8.98. The fourth-order valence-electron chi connectivity index (χ4n) is 2.76. The van der Waals surface area contributed by atoms with Crippen molar-refractivity contribution in [3.63, 3.8) is 0 Å². The topological polar surface area (TPSA) is 99.5 Å². The van der Waals surface area contributed by atoms with Gasteiger partial charge in [-0.1, -0.05) is 19.9 Å². The van der Waals surface area contributed by atoms with Crippen LogP contribution < -0.4 is 5.32 Å². The van der Waals surface area contributed by atoms with Crippen LogP contribution >= 0.6 is 11.3 Å². The van der Waals surface area contributed by atoms with Gasteiger partial charge >= 0.3 is 5.97 Å². The Morgan fingerprint density at radius 1 is 1.41 bits per heavy atom. The minimum absolute atomic E-state index is 0.0133. The molecule has 0 aromatic carbocycles. The monoisotopic (exact) mass is 391 g/mol. The summed E-state index contributed by atoms with van der Waals surface area (Å²) in [6.07, 6.45) is 1.03. The van der Waals surface area contributed by atoms with Crippen molar-refractivity contribution in [1.82, 2.24) is 10.2 Å². The van der Waals surface area contributed by atoms with E-state index in [-0.39, 0.29) is 17.7 Å². The summed E-state index contributed by atoms with van der Waals surface area (Å²) >= 11 is 1.40. The number of piperidine rings is 1. The zero-order valence-electron chi connectivity index (χ0n) is 15.9. The SMILES string of the molecule is CC(C)[C@](C)(C#N)NC(=O)COC(=O)C1CCN(C(=O)c2cccs2)CC1. The second kappa shape index (κ2) is 9.00. The van der Waals surface area contributed by atoms with E-state index in [0.717, 1.165) is 0 Å². The highest BCUT2D eigenvalue weighted by Crippen LogP contribution is 2.22. The minimum Gasteiger partial charge on any atom is -0.455 e. The first-order valence-corrected chi connectivity index (χ1v) is 9.86. The van der Waals surface area contributed by atoms with Crippen molar-refractivity contribution in [3.8, 4) is 6.07 Å². The van der Waals surface area contributed by atoms with Crippen LogP contribution in [0.1, 0.15) is 43.3 Å². The molecule has 0 radical (unpaired) electrons. The van der Waals surface area contributed by atoms with Crippen LogP contribution in [-0.2, 0) is 14.3 Å². The first-order chi connectivity index (χ1) is 12.8. The maximum atomic E-state index is 12.3. The van der Waals surface area contributed by atoms with Gasteiger partial charge in [0.05, 0.1) is 16.9 Å². The third-order valence-electron chi connectivity index (χ3n) is 4.98. The zero-order chi connectivity index (χ0) is 20.0. The van der Waals surface area contributed by atoms with Gasteiger partial charge in [-0.2, -0.15) is 5.26 Å². The van der Waals surface area contributed by atoms with E-state index >= 15 is 0 Å². The zero-order valence-corrected chi connectivity index (χ0v) is 16.7. The number of nitrogens with one attached hydrogen (secondary N) is 1. The Labute approximate surface area is 163 Å². The van der Waals surface area contributed by atoms with E-state index < -0.39 is 24.0 Å². The number of nitrogens with zero attached hydrogens (tertiary/aromatic N) is 2. The van der Waals surface area contributed by atoms with Gasteiger partial charge in [-0.15, -0.1) is 11.3 Å². The van der Waals surface area contributed by atoms with Gasteiger partial charge in [0.2, 0.25) is 0 Å². The van der Waals surface area contributed by atoms with E-state index in [1.807, 2.05) is 25.3 Å². The molecule has 1 aromatic heterocycles. The number of ether oxygens (including phenoxy) is 1. The Morgan fingerprint density at radius 2 is 2.07 bits per heavy atom. The van der Waals surface area contributed by atoms with Crippen molar-refractivity contribution in [3.05, 3.63) is 22.4 Å². The fourth-order valence-corrected chi connectivity index (χ4v) is 3.45. The summed E-state index contributed by atoms with van der Waals surface area (Å²) < 4.78 is 5.12. The molecule has 27 heavy (non-hydrogen) atoms. The second-order valence-electron chi connectivity index (χ2n) is 7.17. The molecule has 0 bridgehead atoms. The minimum atomic E-state index is -1.00. The Kier molecular flexibility index (Phi) is 6.97. The van der Waals surface area contributed by atoms with E-state index in [4.69, 9.17) is 4.74 Å². The largest absolute Gasteiger partial charge is 0.455 e. The highest BCUT2D eigenvalue weighted by atomic mass is 32.1. The van der Waals surface area contributed by atoms with Crippen LogP contribution in [0, 0.1) is 23.2 Å². The quantitative estimate of drug-likeness (QED) is 0.750. The van der Waals surface area contributed by atoms with Gasteiger partial charge in [-0.3, -0.25) is 14.4 Å². The molecule has 8 heteroatoms. The summed E-state index contributed by atoms with van der Waals surface area (Å²) in [5, 5.41) is 13.7. The van der Waals surface area contributed by atoms with Gasteiger partial charge < -0.3 is 15.0 Å². The molecule has 2 rings (SSSR count). The van der Waals surface area contributed by atoms with Crippen LogP contribution in [0.3, 0.4) is 0 Å². The van der Waals surface area contributed by atoms with E-state index in [9.17, 15) is 19.6 Å². The Balaban J connectivity index is 1.77. The van der Waals surface area contributed by atoms with Crippen LogP contribution in [0.15, 0.2) is 17.5 Å². The molecule has 0 saturated carbocycles. The summed E-state index contributed by atoms with van der Waals surface area (Å²) in [5.41, 5.74) is -1.00. The van der Waals surface area contributed by atoms with E-state index in [2.05, 4.69) is 11.4 Å². The molecule has 1 fully saturated rings. The van der Waals surface area contributed by atoms with Crippen molar-refractivity contribution >= 4 is 29.1 Å². The van der Waals surface area contributed by atoms with Gasteiger partial charge in [-0.05, 0) is 37.1 Å². The third-order valence-corrected chi connectivity index (χ3v) is 5.84. The Hall–Kier alpha value is -2.40. The lowest BCUT2D eigenvalue weighted by Crippen LogP contribution is -2.50. The number of nitriles is 1. The maximum absolute atomic E-state index is 12.3. The average molecular weight is 391 g/mol. The highest BCUT2D eigenvalue weighted by molar-refractivity contribution is 7.12. The smallest absolute Gasteiger partial charge is 0.309 e. The predicted octanol–water partition coefficient (Wildman–Crippen LogP) is 2.20. The van der Waals surface area contributed by atoms with Gasteiger partial charge in [-0.25, -0.2) is 0 Å². The van der Waals surface area contributed by atoms with Gasteiger partial charge in [0, 0.05) is 13.1 Å². The van der Waals surface area contributed by atoms with E-state index in [1.165, 1.54) is 11.3 Å². The number of rotatable bonds is 6. The molecule has 1 aromatic rings. The highest BCUT2D eigenvalue weighted by Gasteiger charge is 2.32. The fraction of sp³-hybridized carbons (Fsp3) is 0.579. The predicted molar refractivity (Wildman–Crippen MR) is 101 cm³/mol. The number of hydrogen-bond donors (Lipinski definition) is 1. The first kappa shape index (κ1) is 20.9. The van der Waals surface area contributed by atoms with Crippen molar-refractivity contribution < 1.29 is 19.1 Å². The van der Waals surface area contributed by atoms with Crippen molar-refractivity contribution in [2.24, 2.45) is 11.8 Å². The van der Waals surface area contributed by atoms with Crippen LogP contribution in [0.4, 0.5) is 0 Å². The number of carbonyl (C=O) groups excluding carboxylic acids is 3. The summed E-state index contributed by atoms with van der Waals surface area (Å²) in [6.45, 7) is 5.88. The lowest BCUT2D eigenvalue weighted by atomic mass is 9.90. The van der Waals surface area contributed by atoms with Crippen LogP contribution in [0.25, 0.3) is 0 Å². The van der Waals surface area contributed by atoms with Gasteiger partial charge in [0.15, 0.2) is 6.61 Å². The van der Waals surface area contributed by atoms with Crippen molar-refractivity contribution in [1.29, 1.82) is 5.26 Å². The molecular weight excluding hydrogens is 366 g/mol. The average Bonchev–Trinajstić information content (AvgIpc) is 3.20. The molecule has 7 nitrogen and oxygen atoms in total. The maximum Gasteiger partial charge on any atom is 0.309 e. The molecule has 1 atom stereocenters. The summed E-state index contributed by atoms with van der Waals surface area (Å²) in [4.78, 5) is 38.9. The third kappa shape index (κ3) is 5.30. The van der Waals surface area contributed by atoms with Gasteiger partial charge in [0.25, 0.3) is 11.8 Å². The van der Waals surface area contributed by atoms with Crippen molar-refractivity contribution in [2.45, 2.75) is 39.2 Å². The molecule has 1 aliphatic rings. The number of carbonyl (C=O) groups is 3.